The number of methoxy groups -OCH3 is 6. The van der Waals surface area contributed by atoms with Gasteiger partial charge in [0.1, 0.15) is 6.61 Å². The van der Waals surface area contributed by atoms with Crippen LogP contribution >= 0.6 is 0 Å². The van der Waals surface area contributed by atoms with Crippen LogP contribution in [-0.4, -0.2) is 115 Å². The normalized spacial score (nSPS) is 12.3. The molecular formula is C43H101F3O8. The molecule has 2 unspecified atom stereocenters. The van der Waals surface area contributed by atoms with Crippen molar-refractivity contribution in [3.63, 3.8) is 0 Å². The van der Waals surface area contributed by atoms with Crippen molar-refractivity contribution in [2.45, 2.75) is 162 Å². The Bertz CT molecular complexity index is 574. The van der Waals surface area contributed by atoms with Crippen LogP contribution in [0.4, 0.5) is 13.2 Å². The van der Waals surface area contributed by atoms with E-state index in [1.54, 1.807) is 35.5 Å². The maximum Gasteiger partial charge on any atom is 0.411 e. The molecule has 2 atom stereocenters. The lowest BCUT2D eigenvalue weighted by Crippen LogP contribution is -2.30. The van der Waals surface area contributed by atoms with E-state index in [1.807, 2.05) is 48.5 Å². The predicted molar refractivity (Wildman–Crippen MR) is 230 cm³/mol. The molecule has 8 nitrogen and oxygen atoms in total. The molecule has 0 amide bonds. The highest BCUT2D eigenvalue weighted by molar-refractivity contribution is 4.72. The molecule has 11 heteroatoms. The molecule has 0 aromatic carbocycles. The summed E-state index contributed by atoms with van der Waals surface area (Å²) < 4.78 is 74.9. The van der Waals surface area contributed by atoms with Crippen molar-refractivity contribution in [2.24, 2.45) is 16.2 Å². The number of hydrogen-bond donors (Lipinski definition) is 0. The van der Waals surface area contributed by atoms with Crippen LogP contribution in [0.5, 0.6) is 0 Å². The molecule has 0 heterocycles. The van der Waals surface area contributed by atoms with E-state index in [1.165, 1.54) is 45.6 Å². The van der Waals surface area contributed by atoms with E-state index in [0.717, 1.165) is 59.1 Å². The number of hydrogen-bond acceptors (Lipinski definition) is 8. The molecule has 0 N–H and O–H groups in total. The quantitative estimate of drug-likeness (QED) is 0.0894. The van der Waals surface area contributed by atoms with Crippen LogP contribution in [0.1, 0.15) is 156 Å². The second kappa shape index (κ2) is 56.8. The van der Waals surface area contributed by atoms with Gasteiger partial charge in [0.25, 0.3) is 0 Å². The first-order chi connectivity index (χ1) is 24.5. The summed E-state index contributed by atoms with van der Waals surface area (Å²) >= 11 is 0. The summed E-state index contributed by atoms with van der Waals surface area (Å²) in [6, 6.07) is 0. The van der Waals surface area contributed by atoms with Gasteiger partial charge >= 0.3 is 6.18 Å². The lowest BCUT2D eigenvalue weighted by Gasteiger charge is -2.27. The standard InChI is InChI=1S/C9H17F3O2.C9H20O2.C7H16O2.2C6H14O.2C2H6.2CH4/c1-4-8(2,5-13-3)6-14-7-9(10,11)12;1-5-9(3,7-10-4)8-11-6-2;1-7(2,5-8-3)6-9-4;2*1-3-4-5-6-7-2;2*1-2;;/h4-7H2,1-3H3;5-8H2,1-4H3;5-6H2,1-4H3;2*3-6H2,1-2H3;2*1-2H3;2*1H4. The molecule has 0 spiro atoms. The van der Waals surface area contributed by atoms with Gasteiger partial charge in [-0.2, -0.15) is 13.2 Å². The molecule has 342 valence electrons. The maximum atomic E-state index is 11.8. The first-order valence-electron chi connectivity index (χ1n) is 19.6. The fourth-order valence-electron chi connectivity index (χ4n) is 3.77. The molecule has 0 bridgehead atoms. The molecule has 0 aliphatic heterocycles. The van der Waals surface area contributed by atoms with Gasteiger partial charge < -0.3 is 37.9 Å². The molecule has 0 saturated heterocycles. The van der Waals surface area contributed by atoms with Gasteiger partial charge in [0.2, 0.25) is 0 Å². The molecule has 0 fully saturated rings. The van der Waals surface area contributed by atoms with Gasteiger partial charge in [-0.3, -0.25) is 0 Å². The predicted octanol–water partition coefficient (Wildman–Crippen LogP) is 13.0. The Morgan fingerprint density at radius 3 is 0.944 bits per heavy atom. The van der Waals surface area contributed by atoms with Gasteiger partial charge in [-0.15, -0.1) is 0 Å². The molecule has 0 aliphatic carbocycles. The minimum atomic E-state index is -4.25. The zero-order valence-electron chi connectivity index (χ0n) is 38.1. The highest BCUT2D eigenvalue weighted by atomic mass is 19.4. The van der Waals surface area contributed by atoms with Gasteiger partial charge in [-0.05, 0) is 32.6 Å². The lowest BCUT2D eigenvalue weighted by atomic mass is 9.90. The zero-order valence-corrected chi connectivity index (χ0v) is 38.1. The highest BCUT2D eigenvalue weighted by Gasteiger charge is 2.30. The first-order valence-corrected chi connectivity index (χ1v) is 19.6. The van der Waals surface area contributed by atoms with Crippen molar-refractivity contribution in [3.8, 4) is 0 Å². The molecule has 0 saturated carbocycles. The van der Waals surface area contributed by atoms with Gasteiger partial charge in [0, 0.05) is 78.7 Å². The van der Waals surface area contributed by atoms with Crippen molar-refractivity contribution in [2.75, 3.05) is 109 Å². The summed E-state index contributed by atoms with van der Waals surface area (Å²) in [7, 11) is 10.2. The van der Waals surface area contributed by atoms with Crippen LogP contribution in [0.2, 0.25) is 0 Å². The van der Waals surface area contributed by atoms with Crippen molar-refractivity contribution in [3.05, 3.63) is 0 Å². The van der Waals surface area contributed by atoms with Crippen molar-refractivity contribution >= 4 is 0 Å². The number of unbranched alkanes of at least 4 members (excludes halogenated alkanes) is 4. The van der Waals surface area contributed by atoms with E-state index in [4.69, 9.17) is 33.2 Å². The van der Waals surface area contributed by atoms with Gasteiger partial charge in [0.15, 0.2) is 0 Å². The van der Waals surface area contributed by atoms with Crippen LogP contribution in [0.15, 0.2) is 0 Å². The average molecular weight is 803 g/mol. The number of alkyl halides is 3. The minimum absolute atomic E-state index is 0. The SMILES string of the molecule is C.C.CC.CC.CCC(C)(COC)COCC(F)(F)F.CCCCCOC.CCCCCOC.CCOCC(C)(CC)COC.COCC(C)(C)COC. The van der Waals surface area contributed by atoms with E-state index in [9.17, 15) is 13.2 Å². The van der Waals surface area contributed by atoms with E-state index < -0.39 is 12.8 Å². The fourth-order valence-corrected chi connectivity index (χ4v) is 3.77. The second-order valence-electron chi connectivity index (χ2n) is 13.4. The van der Waals surface area contributed by atoms with Gasteiger partial charge in [0.05, 0.1) is 39.6 Å². The molecule has 54 heavy (non-hydrogen) atoms. The molecular weight excluding hydrogens is 701 g/mol. The van der Waals surface area contributed by atoms with Gasteiger partial charge in [-0.1, -0.05) is 124 Å². The highest BCUT2D eigenvalue weighted by Crippen LogP contribution is 2.24. The summed E-state index contributed by atoms with van der Waals surface area (Å²) in [6.07, 6.45) is 5.16. The van der Waals surface area contributed by atoms with E-state index in [-0.39, 0.29) is 37.7 Å². The third kappa shape index (κ3) is 72.7. The summed E-state index contributed by atoms with van der Waals surface area (Å²) in [5.74, 6) is 0. The van der Waals surface area contributed by atoms with E-state index >= 15 is 0 Å². The zero-order chi connectivity index (χ0) is 42.4. The van der Waals surface area contributed by atoms with Crippen LogP contribution in [0.3, 0.4) is 0 Å². The molecule has 0 aromatic rings. The Hall–Kier alpha value is -0.530. The molecule has 0 rings (SSSR count). The smallest absolute Gasteiger partial charge is 0.385 e. The first kappa shape index (κ1) is 74.4. The van der Waals surface area contributed by atoms with Crippen LogP contribution < -0.4 is 0 Å². The average Bonchev–Trinajstić information content (AvgIpc) is 3.10. The third-order valence-electron chi connectivity index (χ3n) is 7.04. The summed E-state index contributed by atoms with van der Waals surface area (Å²) in [6.45, 7) is 31.7. The van der Waals surface area contributed by atoms with Crippen LogP contribution in [-0.2, 0) is 37.9 Å². The van der Waals surface area contributed by atoms with Crippen molar-refractivity contribution < 1.29 is 51.1 Å². The topological polar surface area (TPSA) is 73.8 Å². The Morgan fingerprint density at radius 2 is 0.722 bits per heavy atom. The Labute approximate surface area is 338 Å². The Morgan fingerprint density at radius 1 is 0.407 bits per heavy atom. The Kier molecular flexibility index (Phi) is 78.3. The summed E-state index contributed by atoms with van der Waals surface area (Å²) in [5.41, 5.74) is 0.0221. The number of halogens is 3. The van der Waals surface area contributed by atoms with Crippen LogP contribution in [0.25, 0.3) is 0 Å². The third-order valence-corrected chi connectivity index (χ3v) is 7.04. The summed E-state index contributed by atoms with van der Waals surface area (Å²) in [5, 5.41) is 0. The lowest BCUT2D eigenvalue weighted by molar-refractivity contribution is -0.182. The molecule has 0 aliphatic rings. The largest absolute Gasteiger partial charge is 0.411 e. The second-order valence-corrected chi connectivity index (χ2v) is 13.4. The minimum Gasteiger partial charge on any atom is -0.385 e. The number of ether oxygens (including phenoxy) is 8. The van der Waals surface area contributed by atoms with Crippen molar-refractivity contribution in [1.29, 1.82) is 0 Å². The molecule has 0 radical (unpaired) electrons. The Balaban J connectivity index is -0.0000000662. The number of rotatable bonds is 24. The monoisotopic (exact) mass is 803 g/mol. The van der Waals surface area contributed by atoms with Crippen LogP contribution in [0, 0.1) is 16.2 Å². The van der Waals surface area contributed by atoms with E-state index in [2.05, 4.69) is 46.3 Å². The maximum absolute atomic E-state index is 11.8. The van der Waals surface area contributed by atoms with Crippen molar-refractivity contribution in [1.82, 2.24) is 0 Å². The molecule has 0 aromatic heterocycles. The van der Waals surface area contributed by atoms with Gasteiger partial charge in [-0.25, -0.2) is 0 Å². The van der Waals surface area contributed by atoms with E-state index in [0.29, 0.717) is 6.61 Å². The summed E-state index contributed by atoms with van der Waals surface area (Å²) in [4.78, 5) is 0. The fraction of sp³-hybridized carbons (Fsp3) is 1.00.